The van der Waals surface area contributed by atoms with E-state index in [1.54, 1.807) is 24.3 Å². The molecule has 1 aliphatic carbocycles. The molecule has 0 bridgehead atoms. The Bertz CT molecular complexity index is 501. The van der Waals surface area contributed by atoms with Gasteiger partial charge < -0.3 is 10.0 Å². The van der Waals surface area contributed by atoms with Gasteiger partial charge in [-0.2, -0.15) is 0 Å². The first-order valence-corrected chi connectivity index (χ1v) is 6.42. The molecule has 0 amide bonds. The third kappa shape index (κ3) is 3.64. The van der Waals surface area contributed by atoms with Crippen LogP contribution in [-0.2, 0) is 9.63 Å². The van der Waals surface area contributed by atoms with Crippen molar-refractivity contribution in [2.75, 3.05) is 0 Å². The summed E-state index contributed by atoms with van der Waals surface area (Å²) in [5, 5.41) is 11.4. The van der Waals surface area contributed by atoms with Gasteiger partial charge in [0.25, 0.3) is 0 Å². The number of hydrogen-bond acceptors (Lipinski definition) is 6. The van der Waals surface area contributed by atoms with E-state index in [1.165, 1.54) is 6.21 Å². The standard InChI is InChI=1S/C14H16N2O4/c17-13-7-6-12(8-11(13)9-15-19)16-20-14(18)10-4-2-1-3-5-10/h1-5,9,11-12,16,19H,6-8H2/b15-9+. The van der Waals surface area contributed by atoms with E-state index in [0.717, 1.165) is 0 Å². The van der Waals surface area contributed by atoms with Crippen molar-refractivity contribution in [3.8, 4) is 0 Å². The highest BCUT2D eigenvalue weighted by atomic mass is 16.7. The second-order valence-electron chi connectivity index (χ2n) is 4.68. The van der Waals surface area contributed by atoms with Crippen molar-refractivity contribution in [1.82, 2.24) is 5.48 Å². The molecule has 2 atom stereocenters. The predicted octanol–water partition coefficient (Wildman–Crippen LogP) is 1.55. The summed E-state index contributed by atoms with van der Waals surface area (Å²) >= 11 is 0. The Balaban J connectivity index is 1.85. The van der Waals surface area contributed by atoms with Crippen molar-refractivity contribution < 1.29 is 19.6 Å². The lowest BCUT2D eigenvalue weighted by molar-refractivity contribution is -0.123. The van der Waals surface area contributed by atoms with Gasteiger partial charge in [-0.15, -0.1) is 10.6 Å². The quantitative estimate of drug-likeness (QED) is 0.495. The average molecular weight is 276 g/mol. The first-order valence-electron chi connectivity index (χ1n) is 6.42. The van der Waals surface area contributed by atoms with E-state index in [0.29, 0.717) is 24.8 Å². The number of Topliss-reactive ketones (excluding diaryl/α,β-unsaturated/α-hetero) is 1. The molecule has 1 fully saturated rings. The molecule has 106 valence electrons. The van der Waals surface area contributed by atoms with Gasteiger partial charge in [-0.25, -0.2) is 4.79 Å². The van der Waals surface area contributed by atoms with Crippen LogP contribution in [-0.4, -0.2) is 29.2 Å². The van der Waals surface area contributed by atoms with Crippen LogP contribution in [0.5, 0.6) is 0 Å². The van der Waals surface area contributed by atoms with Gasteiger partial charge in [-0.3, -0.25) is 4.79 Å². The van der Waals surface area contributed by atoms with E-state index >= 15 is 0 Å². The van der Waals surface area contributed by atoms with Crippen LogP contribution in [0.15, 0.2) is 35.5 Å². The summed E-state index contributed by atoms with van der Waals surface area (Å²) in [6, 6.07) is 8.53. The summed E-state index contributed by atoms with van der Waals surface area (Å²) < 4.78 is 0. The average Bonchev–Trinajstić information content (AvgIpc) is 2.49. The molecule has 0 heterocycles. The Hall–Kier alpha value is -2.21. The number of ketones is 1. The van der Waals surface area contributed by atoms with E-state index in [1.807, 2.05) is 6.07 Å². The van der Waals surface area contributed by atoms with Crippen molar-refractivity contribution in [2.24, 2.45) is 11.1 Å². The van der Waals surface area contributed by atoms with Crippen LogP contribution in [0.3, 0.4) is 0 Å². The van der Waals surface area contributed by atoms with Crippen molar-refractivity contribution in [3.63, 3.8) is 0 Å². The first-order chi connectivity index (χ1) is 9.70. The number of nitrogens with one attached hydrogen (secondary N) is 1. The van der Waals surface area contributed by atoms with Gasteiger partial charge in [0.05, 0.1) is 17.7 Å². The molecule has 1 saturated carbocycles. The molecule has 0 spiro atoms. The Morgan fingerprint density at radius 3 is 2.85 bits per heavy atom. The summed E-state index contributed by atoms with van der Waals surface area (Å²) in [6.45, 7) is 0. The molecule has 2 N–H and O–H groups in total. The van der Waals surface area contributed by atoms with Gasteiger partial charge in [0, 0.05) is 12.5 Å². The van der Waals surface area contributed by atoms with Gasteiger partial charge in [-0.1, -0.05) is 18.2 Å². The zero-order valence-corrected chi connectivity index (χ0v) is 10.9. The van der Waals surface area contributed by atoms with Gasteiger partial charge in [0.2, 0.25) is 0 Å². The van der Waals surface area contributed by atoms with Crippen LogP contribution >= 0.6 is 0 Å². The van der Waals surface area contributed by atoms with E-state index in [9.17, 15) is 9.59 Å². The maximum Gasteiger partial charge on any atom is 0.356 e. The van der Waals surface area contributed by atoms with Crippen LogP contribution in [0.25, 0.3) is 0 Å². The van der Waals surface area contributed by atoms with Crippen LogP contribution in [0.1, 0.15) is 29.6 Å². The zero-order valence-electron chi connectivity index (χ0n) is 10.9. The van der Waals surface area contributed by atoms with E-state index < -0.39 is 11.9 Å². The van der Waals surface area contributed by atoms with Crippen molar-refractivity contribution in [3.05, 3.63) is 35.9 Å². The Morgan fingerprint density at radius 2 is 2.15 bits per heavy atom. The maximum atomic E-state index is 11.7. The van der Waals surface area contributed by atoms with Crippen LogP contribution in [0, 0.1) is 5.92 Å². The number of rotatable bonds is 4. The molecule has 0 aliphatic heterocycles. The Morgan fingerprint density at radius 1 is 1.40 bits per heavy atom. The fourth-order valence-electron chi connectivity index (χ4n) is 2.16. The van der Waals surface area contributed by atoms with Gasteiger partial charge in [0.15, 0.2) is 0 Å². The molecule has 1 aliphatic rings. The molecule has 1 aromatic rings. The number of oxime groups is 1. The monoisotopic (exact) mass is 276 g/mol. The number of carbonyl (C=O) groups excluding carboxylic acids is 2. The Labute approximate surface area is 116 Å². The minimum absolute atomic E-state index is 0.0373. The summed E-state index contributed by atoms with van der Waals surface area (Å²) in [5.41, 5.74) is 3.14. The number of hydrogen-bond donors (Lipinski definition) is 2. The molecular weight excluding hydrogens is 260 g/mol. The van der Waals surface area contributed by atoms with Crippen molar-refractivity contribution >= 4 is 18.0 Å². The fraction of sp³-hybridized carbons (Fsp3) is 0.357. The third-order valence-electron chi connectivity index (χ3n) is 3.27. The van der Waals surface area contributed by atoms with Crippen LogP contribution < -0.4 is 5.48 Å². The third-order valence-corrected chi connectivity index (χ3v) is 3.27. The summed E-state index contributed by atoms with van der Waals surface area (Å²) in [5.74, 6) is -0.855. The van der Waals surface area contributed by atoms with E-state index in [4.69, 9.17) is 10.0 Å². The number of nitrogens with zero attached hydrogens (tertiary/aromatic N) is 1. The highest BCUT2D eigenvalue weighted by Gasteiger charge is 2.28. The van der Waals surface area contributed by atoms with Gasteiger partial charge in [-0.05, 0) is 25.0 Å². The number of benzene rings is 1. The second kappa shape index (κ2) is 6.81. The van der Waals surface area contributed by atoms with Gasteiger partial charge in [0.1, 0.15) is 5.78 Å². The lowest BCUT2D eigenvalue weighted by atomic mass is 9.86. The fourth-order valence-corrected chi connectivity index (χ4v) is 2.16. The molecule has 0 saturated heterocycles. The number of hydroxylamine groups is 1. The summed E-state index contributed by atoms with van der Waals surface area (Å²) in [6.07, 6.45) is 2.63. The lowest BCUT2D eigenvalue weighted by Gasteiger charge is -2.25. The molecule has 2 rings (SSSR count). The minimum atomic E-state index is -0.463. The molecule has 6 nitrogen and oxygen atoms in total. The van der Waals surface area contributed by atoms with E-state index in [-0.39, 0.29) is 11.8 Å². The molecule has 1 aromatic carbocycles. The van der Waals surface area contributed by atoms with Crippen molar-refractivity contribution in [1.29, 1.82) is 0 Å². The molecule has 20 heavy (non-hydrogen) atoms. The van der Waals surface area contributed by atoms with Crippen LogP contribution in [0.4, 0.5) is 0 Å². The number of carbonyl (C=O) groups is 2. The van der Waals surface area contributed by atoms with Gasteiger partial charge >= 0.3 is 5.97 Å². The summed E-state index contributed by atoms with van der Waals surface area (Å²) in [4.78, 5) is 28.3. The SMILES string of the molecule is O=C(ONC1CCC(=O)C(/C=N/O)C1)c1ccccc1. The topological polar surface area (TPSA) is 88.0 Å². The molecular formula is C14H16N2O4. The lowest BCUT2D eigenvalue weighted by Crippen LogP contribution is -2.39. The Kier molecular flexibility index (Phi) is 4.84. The highest BCUT2D eigenvalue weighted by molar-refractivity contribution is 5.95. The maximum absolute atomic E-state index is 11.7. The highest BCUT2D eigenvalue weighted by Crippen LogP contribution is 2.20. The van der Waals surface area contributed by atoms with Crippen molar-refractivity contribution in [2.45, 2.75) is 25.3 Å². The summed E-state index contributed by atoms with van der Waals surface area (Å²) in [7, 11) is 0. The molecule has 6 heteroatoms. The molecule has 0 aromatic heterocycles. The van der Waals surface area contributed by atoms with Crippen LogP contribution in [0.2, 0.25) is 0 Å². The minimum Gasteiger partial charge on any atom is -0.411 e. The predicted molar refractivity (Wildman–Crippen MR) is 71.4 cm³/mol. The molecule has 0 radical (unpaired) electrons. The second-order valence-corrected chi connectivity index (χ2v) is 4.68. The smallest absolute Gasteiger partial charge is 0.356 e. The van der Waals surface area contributed by atoms with E-state index in [2.05, 4.69) is 10.6 Å². The normalized spacial score (nSPS) is 22.9. The molecule has 2 unspecified atom stereocenters. The largest absolute Gasteiger partial charge is 0.411 e. The first kappa shape index (κ1) is 14.2. The zero-order chi connectivity index (χ0) is 14.4.